The SMILES string of the molecule is CC(C)(C)C(=O)N[C@H]1CC[C@H](C(F)(F)F)CC1=O. The molecular weight excluding hydrogens is 247 g/mol. The highest BCUT2D eigenvalue weighted by Crippen LogP contribution is 2.36. The minimum Gasteiger partial charge on any atom is -0.346 e. The predicted molar refractivity (Wildman–Crippen MR) is 59.8 cm³/mol. The van der Waals surface area contributed by atoms with E-state index in [0.717, 1.165) is 0 Å². The van der Waals surface area contributed by atoms with Gasteiger partial charge in [-0.1, -0.05) is 20.8 Å². The fraction of sp³-hybridized carbons (Fsp3) is 0.833. The molecule has 3 nitrogen and oxygen atoms in total. The summed E-state index contributed by atoms with van der Waals surface area (Å²) < 4.78 is 37.4. The van der Waals surface area contributed by atoms with Gasteiger partial charge in [-0.3, -0.25) is 9.59 Å². The number of hydrogen-bond acceptors (Lipinski definition) is 2. The Morgan fingerprint density at radius 1 is 1.22 bits per heavy atom. The fourth-order valence-corrected chi connectivity index (χ4v) is 1.82. The molecule has 0 aromatic rings. The van der Waals surface area contributed by atoms with Gasteiger partial charge in [-0.25, -0.2) is 0 Å². The number of halogens is 3. The van der Waals surface area contributed by atoms with E-state index in [2.05, 4.69) is 5.32 Å². The first-order chi connectivity index (χ1) is 8.01. The van der Waals surface area contributed by atoms with Crippen LogP contribution >= 0.6 is 0 Å². The summed E-state index contributed by atoms with van der Waals surface area (Å²) in [5.41, 5.74) is -0.652. The second-order valence-corrected chi connectivity index (χ2v) is 5.76. The molecule has 104 valence electrons. The molecule has 0 spiro atoms. The van der Waals surface area contributed by atoms with Crippen molar-refractivity contribution in [3.63, 3.8) is 0 Å². The van der Waals surface area contributed by atoms with Gasteiger partial charge in [0, 0.05) is 11.8 Å². The molecule has 0 unspecified atom stereocenters. The molecule has 0 heterocycles. The summed E-state index contributed by atoms with van der Waals surface area (Å²) in [6.45, 7) is 5.07. The third-order valence-electron chi connectivity index (χ3n) is 3.09. The van der Waals surface area contributed by atoms with Crippen molar-refractivity contribution in [2.24, 2.45) is 11.3 Å². The van der Waals surface area contributed by atoms with E-state index in [0.29, 0.717) is 0 Å². The monoisotopic (exact) mass is 265 g/mol. The zero-order valence-corrected chi connectivity index (χ0v) is 10.7. The van der Waals surface area contributed by atoms with E-state index in [1.807, 2.05) is 0 Å². The average Bonchev–Trinajstić information content (AvgIpc) is 2.17. The minimum absolute atomic E-state index is 0.0603. The van der Waals surface area contributed by atoms with Gasteiger partial charge in [0.05, 0.1) is 12.0 Å². The highest BCUT2D eigenvalue weighted by Gasteiger charge is 2.45. The number of Topliss-reactive ketones (excluding diaryl/α,β-unsaturated/α-hetero) is 1. The molecule has 0 saturated heterocycles. The zero-order chi connectivity index (χ0) is 14.1. The minimum atomic E-state index is -4.32. The molecule has 1 amide bonds. The van der Waals surface area contributed by atoms with Crippen LogP contribution in [0.1, 0.15) is 40.0 Å². The Morgan fingerprint density at radius 2 is 1.78 bits per heavy atom. The van der Waals surface area contributed by atoms with Gasteiger partial charge in [-0.05, 0) is 12.8 Å². The van der Waals surface area contributed by atoms with Crippen LogP contribution in [0.4, 0.5) is 13.2 Å². The molecule has 6 heteroatoms. The van der Waals surface area contributed by atoms with Crippen LogP contribution < -0.4 is 5.32 Å². The zero-order valence-electron chi connectivity index (χ0n) is 10.7. The molecule has 0 radical (unpaired) electrons. The molecule has 1 aliphatic rings. The first-order valence-corrected chi connectivity index (χ1v) is 5.92. The smallest absolute Gasteiger partial charge is 0.346 e. The topological polar surface area (TPSA) is 46.2 Å². The lowest BCUT2D eigenvalue weighted by atomic mass is 9.84. The van der Waals surface area contributed by atoms with Crippen LogP contribution in [0.2, 0.25) is 0 Å². The maximum absolute atomic E-state index is 12.5. The molecule has 0 bridgehead atoms. The number of amides is 1. The number of hydrogen-bond donors (Lipinski definition) is 1. The van der Waals surface area contributed by atoms with Crippen LogP contribution in [0.3, 0.4) is 0 Å². The normalized spacial score (nSPS) is 26.0. The van der Waals surface area contributed by atoms with E-state index in [-0.39, 0.29) is 18.7 Å². The van der Waals surface area contributed by atoms with Gasteiger partial charge >= 0.3 is 6.18 Å². The van der Waals surface area contributed by atoms with Crippen molar-refractivity contribution in [3.8, 4) is 0 Å². The quantitative estimate of drug-likeness (QED) is 0.791. The Balaban J connectivity index is 2.59. The molecule has 2 atom stereocenters. The summed E-state index contributed by atoms with van der Waals surface area (Å²) in [5.74, 6) is -2.40. The fourth-order valence-electron chi connectivity index (χ4n) is 1.82. The number of ketones is 1. The molecule has 1 fully saturated rings. The summed E-state index contributed by atoms with van der Waals surface area (Å²) in [6, 6.07) is -0.768. The van der Waals surface area contributed by atoms with Crippen LogP contribution in [0.25, 0.3) is 0 Å². The van der Waals surface area contributed by atoms with Gasteiger partial charge in [0.2, 0.25) is 5.91 Å². The molecule has 0 aliphatic heterocycles. The second-order valence-electron chi connectivity index (χ2n) is 5.76. The van der Waals surface area contributed by atoms with E-state index in [4.69, 9.17) is 0 Å². The Labute approximate surface area is 104 Å². The van der Waals surface area contributed by atoms with Crippen molar-refractivity contribution in [2.75, 3.05) is 0 Å². The van der Waals surface area contributed by atoms with Gasteiger partial charge in [0.15, 0.2) is 5.78 Å². The van der Waals surface area contributed by atoms with E-state index >= 15 is 0 Å². The first kappa shape index (κ1) is 15.0. The van der Waals surface area contributed by atoms with E-state index in [1.54, 1.807) is 20.8 Å². The van der Waals surface area contributed by atoms with Crippen LogP contribution in [0.5, 0.6) is 0 Å². The Bertz CT molecular complexity index is 344. The summed E-state index contributed by atoms with van der Waals surface area (Å²) in [6.07, 6.45) is -4.90. The number of carbonyl (C=O) groups excluding carboxylic acids is 2. The van der Waals surface area contributed by atoms with Crippen LogP contribution in [0, 0.1) is 11.3 Å². The lowest BCUT2D eigenvalue weighted by molar-refractivity contribution is -0.185. The summed E-state index contributed by atoms with van der Waals surface area (Å²) in [4.78, 5) is 23.3. The number of rotatable bonds is 1. The van der Waals surface area contributed by atoms with Crippen molar-refractivity contribution >= 4 is 11.7 Å². The first-order valence-electron chi connectivity index (χ1n) is 5.92. The third-order valence-corrected chi connectivity index (χ3v) is 3.09. The van der Waals surface area contributed by atoms with E-state index in [1.165, 1.54) is 0 Å². The van der Waals surface area contributed by atoms with Crippen LogP contribution in [0.15, 0.2) is 0 Å². The van der Waals surface area contributed by atoms with Crippen molar-refractivity contribution < 1.29 is 22.8 Å². The van der Waals surface area contributed by atoms with E-state index in [9.17, 15) is 22.8 Å². The van der Waals surface area contributed by atoms with Crippen molar-refractivity contribution in [1.29, 1.82) is 0 Å². The Kier molecular flexibility index (Phi) is 4.08. The maximum atomic E-state index is 12.5. The van der Waals surface area contributed by atoms with Crippen LogP contribution in [-0.2, 0) is 9.59 Å². The molecule has 0 aromatic heterocycles. The lowest BCUT2D eigenvalue weighted by Gasteiger charge is -2.30. The molecular formula is C12H18F3NO2. The highest BCUT2D eigenvalue weighted by atomic mass is 19.4. The standard InChI is InChI=1S/C12H18F3NO2/c1-11(2,3)10(18)16-8-5-4-7(6-9(8)17)12(13,14)15/h7-8H,4-6H2,1-3H3,(H,16,18)/t7-,8-/m0/s1. The van der Waals surface area contributed by atoms with Gasteiger partial charge in [0.25, 0.3) is 0 Å². The number of alkyl halides is 3. The summed E-state index contributed by atoms with van der Waals surface area (Å²) in [7, 11) is 0. The van der Waals surface area contributed by atoms with Gasteiger partial charge in [-0.15, -0.1) is 0 Å². The summed E-state index contributed by atoms with van der Waals surface area (Å²) >= 11 is 0. The van der Waals surface area contributed by atoms with Gasteiger partial charge < -0.3 is 5.32 Å². The Morgan fingerprint density at radius 3 is 2.17 bits per heavy atom. The van der Waals surface area contributed by atoms with Crippen molar-refractivity contribution in [2.45, 2.75) is 52.3 Å². The number of carbonyl (C=O) groups is 2. The molecule has 1 rings (SSSR count). The largest absolute Gasteiger partial charge is 0.392 e. The molecule has 0 aromatic carbocycles. The van der Waals surface area contributed by atoms with Gasteiger partial charge in [0.1, 0.15) is 0 Å². The maximum Gasteiger partial charge on any atom is 0.392 e. The molecule has 1 N–H and O–H groups in total. The molecule has 1 aliphatic carbocycles. The number of nitrogens with one attached hydrogen (secondary N) is 1. The average molecular weight is 265 g/mol. The Hall–Kier alpha value is -1.07. The summed E-state index contributed by atoms with van der Waals surface area (Å²) in [5, 5.41) is 2.52. The van der Waals surface area contributed by atoms with Crippen molar-refractivity contribution in [1.82, 2.24) is 5.32 Å². The lowest BCUT2D eigenvalue weighted by Crippen LogP contribution is -2.49. The second kappa shape index (κ2) is 4.90. The molecule has 18 heavy (non-hydrogen) atoms. The van der Waals surface area contributed by atoms with Gasteiger partial charge in [-0.2, -0.15) is 13.2 Å². The van der Waals surface area contributed by atoms with Crippen LogP contribution in [-0.4, -0.2) is 23.9 Å². The van der Waals surface area contributed by atoms with Crippen molar-refractivity contribution in [3.05, 3.63) is 0 Å². The predicted octanol–water partition coefficient (Wildman–Crippen LogP) is 2.45. The highest BCUT2D eigenvalue weighted by molar-refractivity contribution is 5.91. The van der Waals surface area contributed by atoms with E-state index < -0.39 is 35.8 Å². The molecule has 1 saturated carbocycles. The third kappa shape index (κ3) is 3.71.